The zero-order valence-electron chi connectivity index (χ0n) is 15.6. The van der Waals surface area contributed by atoms with Crippen LogP contribution in [0.2, 0.25) is 5.02 Å². The number of hydrogen-bond donors (Lipinski definition) is 0. The van der Waals surface area contributed by atoms with Crippen molar-refractivity contribution in [3.63, 3.8) is 0 Å². The third kappa shape index (κ3) is 4.49. The summed E-state index contributed by atoms with van der Waals surface area (Å²) in [5, 5.41) is 24.4. The van der Waals surface area contributed by atoms with E-state index in [0.29, 0.717) is 36.2 Å². The number of benzene rings is 1. The minimum atomic E-state index is -0.385. The van der Waals surface area contributed by atoms with E-state index in [-0.39, 0.29) is 10.6 Å². The maximum absolute atomic E-state index is 11.2. The molecule has 10 nitrogen and oxygen atoms in total. The average molecular weight is 415 g/mol. The van der Waals surface area contributed by atoms with Gasteiger partial charge in [-0.15, -0.1) is 15.0 Å². The quantitative estimate of drug-likeness (QED) is 0.445. The number of anilines is 1. The van der Waals surface area contributed by atoms with Gasteiger partial charge in [-0.3, -0.25) is 15.0 Å². The number of nitro groups is 1. The highest BCUT2D eigenvalue weighted by Gasteiger charge is 2.24. The minimum Gasteiger partial charge on any atom is -0.348 e. The van der Waals surface area contributed by atoms with Crippen molar-refractivity contribution in [2.75, 3.05) is 37.6 Å². The Balaban J connectivity index is 1.31. The molecule has 3 aromatic rings. The molecule has 2 aromatic heterocycles. The summed E-state index contributed by atoms with van der Waals surface area (Å²) in [6, 6.07) is 10.4. The lowest BCUT2D eigenvalue weighted by Gasteiger charge is -2.34. The van der Waals surface area contributed by atoms with Crippen LogP contribution in [0.3, 0.4) is 0 Å². The molecule has 1 aromatic carbocycles. The van der Waals surface area contributed by atoms with Crippen LogP contribution in [0.1, 0.15) is 5.82 Å². The summed E-state index contributed by atoms with van der Waals surface area (Å²) < 4.78 is 0. The topological polar surface area (TPSA) is 106 Å². The van der Waals surface area contributed by atoms with Gasteiger partial charge < -0.3 is 4.90 Å². The highest BCUT2D eigenvalue weighted by atomic mass is 35.5. The Hall–Kier alpha value is -3.11. The summed E-state index contributed by atoms with van der Waals surface area (Å²) in [4.78, 5) is 20.7. The first kappa shape index (κ1) is 19.2. The van der Waals surface area contributed by atoms with Gasteiger partial charge in [-0.05, 0) is 29.5 Å². The second-order valence-electron chi connectivity index (χ2n) is 6.66. The van der Waals surface area contributed by atoms with Crippen LogP contribution in [-0.2, 0) is 6.42 Å². The predicted molar refractivity (Wildman–Crippen MR) is 107 cm³/mol. The van der Waals surface area contributed by atoms with Crippen LogP contribution in [0.25, 0.3) is 5.69 Å². The van der Waals surface area contributed by atoms with Crippen LogP contribution in [0.5, 0.6) is 0 Å². The second kappa shape index (κ2) is 8.50. The Kier molecular flexibility index (Phi) is 5.63. The molecule has 11 heteroatoms. The van der Waals surface area contributed by atoms with Crippen molar-refractivity contribution in [2.24, 2.45) is 0 Å². The van der Waals surface area contributed by atoms with Gasteiger partial charge in [0.2, 0.25) is 5.82 Å². The molecule has 1 aliphatic heterocycles. The van der Waals surface area contributed by atoms with E-state index in [2.05, 4.69) is 25.3 Å². The van der Waals surface area contributed by atoms with Crippen LogP contribution >= 0.6 is 11.6 Å². The van der Waals surface area contributed by atoms with Crippen LogP contribution in [0.15, 0.2) is 42.6 Å². The number of halogens is 1. The van der Waals surface area contributed by atoms with E-state index in [4.69, 9.17) is 11.6 Å². The van der Waals surface area contributed by atoms with Crippen molar-refractivity contribution >= 4 is 23.1 Å². The second-order valence-corrected chi connectivity index (χ2v) is 7.09. The summed E-state index contributed by atoms with van der Waals surface area (Å²) in [5.74, 6) is 1.09. The van der Waals surface area contributed by atoms with E-state index in [1.165, 1.54) is 10.9 Å². The monoisotopic (exact) mass is 414 g/mol. The molecule has 0 amide bonds. The lowest BCUT2D eigenvalue weighted by molar-refractivity contribution is -0.384. The normalized spacial score (nSPS) is 14.9. The zero-order valence-corrected chi connectivity index (χ0v) is 16.3. The molecule has 0 radical (unpaired) electrons. The Morgan fingerprint density at radius 1 is 1.14 bits per heavy atom. The van der Waals surface area contributed by atoms with Gasteiger partial charge >= 0.3 is 5.69 Å². The van der Waals surface area contributed by atoms with Crippen molar-refractivity contribution in [2.45, 2.75) is 6.42 Å². The lowest BCUT2D eigenvalue weighted by atomic mass is 10.2. The van der Waals surface area contributed by atoms with E-state index < -0.39 is 0 Å². The highest BCUT2D eigenvalue weighted by Crippen LogP contribution is 2.25. The van der Waals surface area contributed by atoms with E-state index in [1.807, 2.05) is 17.0 Å². The molecule has 1 saturated heterocycles. The number of hydrogen-bond acceptors (Lipinski definition) is 8. The fourth-order valence-corrected chi connectivity index (χ4v) is 3.45. The van der Waals surface area contributed by atoms with Gasteiger partial charge in [-0.25, -0.2) is 4.98 Å². The molecule has 0 N–H and O–H groups in total. The average Bonchev–Trinajstić information content (AvgIpc) is 3.22. The van der Waals surface area contributed by atoms with Gasteiger partial charge in [-0.1, -0.05) is 17.7 Å². The predicted octanol–water partition coefficient (Wildman–Crippen LogP) is 1.98. The van der Waals surface area contributed by atoms with Gasteiger partial charge in [0.1, 0.15) is 0 Å². The third-order valence-electron chi connectivity index (χ3n) is 4.78. The van der Waals surface area contributed by atoms with Crippen molar-refractivity contribution in [1.82, 2.24) is 30.1 Å². The Morgan fingerprint density at radius 2 is 1.97 bits per heavy atom. The minimum absolute atomic E-state index is 0.0442. The summed E-state index contributed by atoms with van der Waals surface area (Å²) in [5.41, 5.74) is 0.810. The molecule has 150 valence electrons. The Labute approximate surface area is 171 Å². The maximum Gasteiger partial charge on any atom is 0.311 e. The summed E-state index contributed by atoms with van der Waals surface area (Å²) in [6.45, 7) is 3.73. The molecule has 1 fully saturated rings. The SMILES string of the molecule is O=[N+]([O-])c1cccnc1N1CCN(CCc2nnn(-c3cccc(Cl)c3)n2)CC1. The number of nitrogens with zero attached hydrogens (tertiary/aromatic N) is 8. The number of piperazine rings is 1. The molecule has 1 aliphatic rings. The Bertz CT molecular complexity index is 1000. The first-order valence-corrected chi connectivity index (χ1v) is 9.59. The van der Waals surface area contributed by atoms with E-state index in [1.54, 1.807) is 24.4 Å². The van der Waals surface area contributed by atoms with Crippen LogP contribution in [0, 0.1) is 10.1 Å². The van der Waals surface area contributed by atoms with Gasteiger partial charge in [0, 0.05) is 56.4 Å². The van der Waals surface area contributed by atoms with Crippen molar-refractivity contribution in [1.29, 1.82) is 0 Å². The summed E-state index contributed by atoms with van der Waals surface area (Å²) in [7, 11) is 0. The zero-order chi connectivity index (χ0) is 20.2. The molecule has 0 spiro atoms. The third-order valence-corrected chi connectivity index (χ3v) is 5.02. The summed E-state index contributed by atoms with van der Waals surface area (Å²) in [6.07, 6.45) is 2.26. The number of rotatable bonds is 6. The maximum atomic E-state index is 11.2. The molecule has 3 heterocycles. The molecule has 0 atom stereocenters. The molecule has 0 aliphatic carbocycles. The molecule has 0 unspecified atom stereocenters. The fraction of sp³-hybridized carbons (Fsp3) is 0.333. The largest absolute Gasteiger partial charge is 0.348 e. The first-order valence-electron chi connectivity index (χ1n) is 9.22. The smallest absolute Gasteiger partial charge is 0.311 e. The van der Waals surface area contributed by atoms with Gasteiger partial charge in [0.25, 0.3) is 0 Å². The fourth-order valence-electron chi connectivity index (χ4n) is 3.27. The number of tetrazole rings is 1. The molecule has 4 rings (SSSR count). The van der Waals surface area contributed by atoms with E-state index >= 15 is 0 Å². The van der Waals surface area contributed by atoms with Gasteiger partial charge in [0.15, 0.2) is 5.82 Å². The van der Waals surface area contributed by atoms with Crippen LogP contribution < -0.4 is 4.90 Å². The van der Waals surface area contributed by atoms with Crippen molar-refractivity contribution < 1.29 is 4.92 Å². The van der Waals surface area contributed by atoms with Crippen molar-refractivity contribution in [3.8, 4) is 5.69 Å². The first-order chi connectivity index (χ1) is 14.1. The van der Waals surface area contributed by atoms with Gasteiger partial charge in [-0.2, -0.15) is 0 Å². The van der Waals surface area contributed by atoms with Crippen LogP contribution in [0.4, 0.5) is 11.5 Å². The highest BCUT2D eigenvalue weighted by molar-refractivity contribution is 6.30. The van der Waals surface area contributed by atoms with E-state index in [9.17, 15) is 10.1 Å². The van der Waals surface area contributed by atoms with E-state index in [0.717, 1.165) is 25.3 Å². The Morgan fingerprint density at radius 3 is 2.72 bits per heavy atom. The van der Waals surface area contributed by atoms with Gasteiger partial charge in [0.05, 0.1) is 10.6 Å². The number of pyridine rings is 1. The lowest BCUT2D eigenvalue weighted by Crippen LogP contribution is -2.47. The molecule has 29 heavy (non-hydrogen) atoms. The standard InChI is InChI=1S/C18H19ClN8O2/c19-14-3-1-4-15(13-14)26-22-17(21-23-26)6-8-24-9-11-25(12-10-24)18-16(27(28)29)5-2-7-20-18/h1-5,7,13H,6,8-12H2. The molecule has 0 bridgehead atoms. The number of aromatic nitrogens is 5. The summed E-state index contributed by atoms with van der Waals surface area (Å²) >= 11 is 6.01. The molecular weight excluding hydrogens is 396 g/mol. The van der Waals surface area contributed by atoms with Crippen molar-refractivity contribution in [3.05, 3.63) is 63.6 Å². The van der Waals surface area contributed by atoms with Crippen LogP contribution in [-0.4, -0.2) is 67.7 Å². The molecular formula is C18H19ClN8O2. The molecule has 0 saturated carbocycles.